The van der Waals surface area contributed by atoms with Gasteiger partial charge in [-0.05, 0) is 5.92 Å². The average Bonchev–Trinajstić information content (AvgIpc) is 2.62. The standard InChI is InChI=1S/C13H23N3S2/c1-10(2)12(13-14-4-5-16(13)3)15-11-8-17-6-7-18-9-11/h4-5,10-12,15H,6-9H2,1-3H3/t12-/m1/s1. The number of hydrogen-bond acceptors (Lipinski definition) is 4. The summed E-state index contributed by atoms with van der Waals surface area (Å²) in [6.45, 7) is 4.53. The molecule has 1 saturated heterocycles. The SMILES string of the molecule is CC(C)[C@@H](NC1CSCCSC1)c1nccn1C. The van der Waals surface area contributed by atoms with Crippen LogP contribution in [0.1, 0.15) is 25.7 Å². The summed E-state index contributed by atoms with van der Waals surface area (Å²) in [5.41, 5.74) is 0. The van der Waals surface area contributed by atoms with Gasteiger partial charge in [-0.1, -0.05) is 13.8 Å². The Balaban J connectivity index is 2.04. The van der Waals surface area contributed by atoms with Crippen LogP contribution in [0.5, 0.6) is 0 Å². The molecule has 0 unspecified atom stereocenters. The second-order valence-electron chi connectivity index (χ2n) is 5.13. The second-order valence-corrected chi connectivity index (χ2v) is 7.43. The maximum absolute atomic E-state index is 4.51. The third kappa shape index (κ3) is 3.68. The van der Waals surface area contributed by atoms with Crippen LogP contribution < -0.4 is 5.32 Å². The van der Waals surface area contributed by atoms with Gasteiger partial charge in [0.05, 0.1) is 6.04 Å². The molecule has 1 aromatic rings. The lowest BCUT2D eigenvalue weighted by Gasteiger charge is -2.27. The molecule has 1 aliphatic heterocycles. The first-order valence-electron chi connectivity index (χ1n) is 6.57. The topological polar surface area (TPSA) is 29.9 Å². The van der Waals surface area contributed by atoms with Crippen LogP contribution in [-0.2, 0) is 7.05 Å². The van der Waals surface area contributed by atoms with Crippen molar-refractivity contribution in [1.29, 1.82) is 0 Å². The van der Waals surface area contributed by atoms with Crippen molar-refractivity contribution in [3.8, 4) is 0 Å². The highest BCUT2D eigenvalue weighted by atomic mass is 32.2. The molecule has 1 fully saturated rings. The van der Waals surface area contributed by atoms with E-state index in [4.69, 9.17) is 0 Å². The number of thioether (sulfide) groups is 2. The second kappa shape index (κ2) is 6.87. The Morgan fingerprint density at radius 2 is 2.00 bits per heavy atom. The minimum atomic E-state index is 0.356. The summed E-state index contributed by atoms with van der Waals surface area (Å²) in [4.78, 5) is 4.51. The van der Waals surface area contributed by atoms with Gasteiger partial charge in [-0.2, -0.15) is 23.5 Å². The Morgan fingerprint density at radius 1 is 1.33 bits per heavy atom. The van der Waals surface area contributed by atoms with Gasteiger partial charge in [0, 0.05) is 48.5 Å². The van der Waals surface area contributed by atoms with Crippen LogP contribution in [0.15, 0.2) is 12.4 Å². The van der Waals surface area contributed by atoms with E-state index in [0.29, 0.717) is 18.0 Å². The van der Waals surface area contributed by atoms with Crippen molar-refractivity contribution in [2.45, 2.75) is 25.9 Å². The van der Waals surface area contributed by atoms with E-state index < -0.39 is 0 Å². The first-order chi connectivity index (χ1) is 8.68. The van der Waals surface area contributed by atoms with Crippen LogP contribution in [0, 0.1) is 5.92 Å². The fraction of sp³-hybridized carbons (Fsp3) is 0.769. The molecule has 1 aromatic heterocycles. The molecule has 0 radical (unpaired) electrons. The molecular weight excluding hydrogens is 262 g/mol. The smallest absolute Gasteiger partial charge is 0.125 e. The van der Waals surface area contributed by atoms with Crippen molar-refractivity contribution in [1.82, 2.24) is 14.9 Å². The van der Waals surface area contributed by atoms with Crippen LogP contribution in [0.3, 0.4) is 0 Å². The number of hydrogen-bond donors (Lipinski definition) is 1. The van der Waals surface area contributed by atoms with Gasteiger partial charge in [-0.15, -0.1) is 0 Å². The highest BCUT2D eigenvalue weighted by Gasteiger charge is 2.24. The molecular formula is C13H23N3S2. The van der Waals surface area contributed by atoms with E-state index >= 15 is 0 Å². The van der Waals surface area contributed by atoms with Crippen LogP contribution in [-0.4, -0.2) is 38.6 Å². The fourth-order valence-corrected chi connectivity index (χ4v) is 4.63. The van der Waals surface area contributed by atoms with E-state index in [9.17, 15) is 0 Å². The molecule has 2 heterocycles. The van der Waals surface area contributed by atoms with Crippen molar-refractivity contribution >= 4 is 23.5 Å². The summed E-state index contributed by atoms with van der Waals surface area (Å²) in [5.74, 6) is 6.74. The number of rotatable bonds is 4. The number of imidazole rings is 1. The molecule has 1 atom stereocenters. The Kier molecular flexibility index (Phi) is 5.45. The van der Waals surface area contributed by atoms with E-state index in [1.54, 1.807) is 0 Å². The molecule has 0 aromatic carbocycles. The lowest BCUT2D eigenvalue weighted by Crippen LogP contribution is -2.39. The highest BCUT2D eigenvalue weighted by Crippen LogP contribution is 2.23. The lowest BCUT2D eigenvalue weighted by atomic mass is 10.0. The number of nitrogens with zero attached hydrogens (tertiary/aromatic N) is 2. The van der Waals surface area contributed by atoms with Gasteiger partial charge < -0.3 is 9.88 Å². The van der Waals surface area contributed by atoms with Crippen molar-refractivity contribution in [2.24, 2.45) is 13.0 Å². The lowest BCUT2D eigenvalue weighted by molar-refractivity contribution is 0.363. The van der Waals surface area contributed by atoms with Crippen molar-refractivity contribution < 1.29 is 0 Å². The fourth-order valence-electron chi connectivity index (χ4n) is 2.21. The Morgan fingerprint density at radius 3 is 2.50 bits per heavy atom. The van der Waals surface area contributed by atoms with E-state index in [-0.39, 0.29) is 0 Å². The van der Waals surface area contributed by atoms with Crippen molar-refractivity contribution in [2.75, 3.05) is 23.0 Å². The zero-order valence-electron chi connectivity index (χ0n) is 11.4. The maximum atomic E-state index is 4.51. The summed E-state index contributed by atoms with van der Waals surface area (Å²) in [5, 5.41) is 3.81. The Labute approximate surface area is 119 Å². The first kappa shape index (κ1) is 14.3. The first-order valence-corrected chi connectivity index (χ1v) is 8.88. The minimum absolute atomic E-state index is 0.356. The molecule has 0 amide bonds. The Hall–Kier alpha value is -0.130. The largest absolute Gasteiger partial charge is 0.337 e. The molecule has 0 bridgehead atoms. The van der Waals surface area contributed by atoms with Crippen LogP contribution in [0.2, 0.25) is 0 Å². The summed E-state index contributed by atoms with van der Waals surface area (Å²) in [6.07, 6.45) is 3.92. The number of aromatic nitrogens is 2. The zero-order chi connectivity index (χ0) is 13.0. The van der Waals surface area contributed by atoms with E-state index in [2.05, 4.69) is 59.3 Å². The number of aryl methyl sites for hydroxylation is 1. The van der Waals surface area contributed by atoms with Gasteiger partial charge in [0.2, 0.25) is 0 Å². The molecule has 0 saturated carbocycles. The van der Waals surface area contributed by atoms with E-state index in [0.717, 1.165) is 5.82 Å². The average molecular weight is 285 g/mol. The van der Waals surface area contributed by atoms with Gasteiger partial charge in [0.15, 0.2) is 0 Å². The quantitative estimate of drug-likeness (QED) is 0.921. The third-order valence-electron chi connectivity index (χ3n) is 3.23. The minimum Gasteiger partial charge on any atom is -0.337 e. The highest BCUT2D eigenvalue weighted by molar-refractivity contribution is 8.03. The van der Waals surface area contributed by atoms with Crippen LogP contribution >= 0.6 is 23.5 Å². The maximum Gasteiger partial charge on any atom is 0.125 e. The van der Waals surface area contributed by atoms with Crippen molar-refractivity contribution in [3.63, 3.8) is 0 Å². The van der Waals surface area contributed by atoms with Gasteiger partial charge in [0.25, 0.3) is 0 Å². The number of nitrogens with one attached hydrogen (secondary N) is 1. The molecule has 3 nitrogen and oxygen atoms in total. The molecule has 1 aliphatic rings. The molecule has 0 aliphatic carbocycles. The predicted octanol–water partition coefficient (Wildman–Crippen LogP) is 2.56. The predicted molar refractivity (Wildman–Crippen MR) is 82.4 cm³/mol. The summed E-state index contributed by atoms with van der Waals surface area (Å²) < 4.78 is 2.13. The molecule has 18 heavy (non-hydrogen) atoms. The van der Waals surface area contributed by atoms with Gasteiger partial charge in [-0.25, -0.2) is 4.98 Å². The third-order valence-corrected chi connectivity index (χ3v) is 5.75. The summed E-state index contributed by atoms with van der Waals surface area (Å²) in [7, 11) is 2.08. The summed E-state index contributed by atoms with van der Waals surface area (Å²) >= 11 is 4.14. The van der Waals surface area contributed by atoms with Crippen LogP contribution in [0.4, 0.5) is 0 Å². The Bertz CT molecular complexity index is 357. The van der Waals surface area contributed by atoms with E-state index in [1.165, 1.54) is 23.0 Å². The molecule has 102 valence electrons. The molecule has 5 heteroatoms. The van der Waals surface area contributed by atoms with E-state index in [1.807, 2.05) is 12.4 Å². The molecule has 0 spiro atoms. The normalized spacial score (nSPS) is 20.0. The molecule has 2 rings (SSSR count). The monoisotopic (exact) mass is 285 g/mol. The van der Waals surface area contributed by atoms with Gasteiger partial charge in [-0.3, -0.25) is 0 Å². The van der Waals surface area contributed by atoms with Gasteiger partial charge in [0.1, 0.15) is 5.82 Å². The van der Waals surface area contributed by atoms with Crippen molar-refractivity contribution in [3.05, 3.63) is 18.2 Å². The zero-order valence-corrected chi connectivity index (χ0v) is 13.1. The van der Waals surface area contributed by atoms with Crippen LogP contribution in [0.25, 0.3) is 0 Å². The van der Waals surface area contributed by atoms with Gasteiger partial charge >= 0.3 is 0 Å². The summed E-state index contributed by atoms with van der Waals surface area (Å²) in [6, 6.07) is 0.959. The molecule has 1 N–H and O–H groups in total.